The molecule has 1 aromatic heterocycles. The Morgan fingerprint density at radius 2 is 2.05 bits per heavy atom. The Hall–Kier alpha value is -1.91. The van der Waals surface area contributed by atoms with Crippen LogP contribution in [-0.4, -0.2) is 35.4 Å². The molecule has 1 atom stereocenters. The van der Waals surface area contributed by atoms with Gasteiger partial charge in [0.25, 0.3) is 0 Å². The molecule has 5 nitrogen and oxygen atoms in total. The third-order valence-electron chi connectivity index (χ3n) is 3.13. The van der Waals surface area contributed by atoms with E-state index in [1.54, 1.807) is 24.2 Å². The van der Waals surface area contributed by atoms with E-state index in [-0.39, 0.29) is 23.7 Å². The van der Waals surface area contributed by atoms with Crippen LogP contribution in [0.25, 0.3) is 0 Å². The summed E-state index contributed by atoms with van der Waals surface area (Å²) in [6, 6.07) is 3.76. The largest absolute Gasteiger partial charge is 0.469 e. The summed E-state index contributed by atoms with van der Waals surface area (Å²) in [7, 11) is 1.36. The van der Waals surface area contributed by atoms with E-state index in [1.165, 1.54) is 7.11 Å². The van der Waals surface area contributed by atoms with Gasteiger partial charge in [-0.3, -0.25) is 14.6 Å². The van der Waals surface area contributed by atoms with E-state index in [9.17, 15) is 9.59 Å². The highest BCUT2D eigenvalue weighted by Crippen LogP contribution is 2.12. The van der Waals surface area contributed by atoms with Gasteiger partial charge in [-0.25, -0.2) is 0 Å². The van der Waals surface area contributed by atoms with Crippen molar-refractivity contribution < 1.29 is 14.3 Å². The zero-order valence-electron chi connectivity index (χ0n) is 13.2. The quantitative estimate of drug-likeness (QED) is 0.723. The van der Waals surface area contributed by atoms with E-state index in [4.69, 9.17) is 4.74 Å². The number of aromatic nitrogens is 1. The van der Waals surface area contributed by atoms with E-state index in [1.807, 2.05) is 26.0 Å². The first-order valence-corrected chi connectivity index (χ1v) is 7.18. The molecule has 1 rings (SSSR count). The predicted molar refractivity (Wildman–Crippen MR) is 80.3 cm³/mol. The molecule has 0 saturated heterocycles. The number of carbonyl (C=O) groups excluding carboxylic acids is 2. The number of esters is 1. The highest BCUT2D eigenvalue weighted by molar-refractivity contribution is 5.78. The summed E-state index contributed by atoms with van der Waals surface area (Å²) in [5.74, 6) is -0.321. The van der Waals surface area contributed by atoms with E-state index in [2.05, 4.69) is 4.98 Å². The Labute approximate surface area is 126 Å². The first-order chi connectivity index (χ1) is 9.93. The number of carbonyl (C=O) groups is 2. The van der Waals surface area contributed by atoms with Gasteiger partial charge in [-0.1, -0.05) is 26.8 Å². The normalized spacial score (nSPS) is 12.0. The molecule has 0 saturated carbocycles. The second-order valence-corrected chi connectivity index (χ2v) is 5.66. The van der Waals surface area contributed by atoms with E-state index in [0.717, 1.165) is 5.56 Å². The second-order valence-electron chi connectivity index (χ2n) is 5.66. The summed E-state index contributed by atoms with van der Waals surface area (Å²) in [4.78, 5) is 29.7. The van der Waals surface area contributed by atoms with Crippen molar-refractivity contribution in [1.82, 2.24) is 9.88 Å². The first-order valence-electron chi connectivity index (χ1n) is 7.18. The summed E-state index contributed by atoms with van der Waals surface area (Å²) >= 11 is 0. The van der Waals surface area contributed by atoms with Gasteiger partial charge in [-0.05, 0) is 17.5 Å². The van der Waals surface area contributed by atoms with Gasteiger partial charge < -0.3 is 9.64 Å². The Morgan fingerprint density at radius 3 is 2.57 bits per heavy atom. The number of amides is 1. The monoisotopic (exact) mass is 292 g/mol. The van der Waals surface area contributed by atoms with Crippen LogP contribution in [0.2, 0.25) is 0 Å². The maximum atomic E-state index is 12.4. The van der Waals surface area contributed by atoms with Crippen molar-refractivity contribution in [2.24, 2.45) is 11.8 Å². The standard InChI is InChI=1S/C16H24N2O3/c1-12(2)8-15(19)18(10-13(3)16(20)21-4)11-14-6-5-7-17-9-14/h5-7,9,12-13H,8,10-11H2,1-4H3. The molecule has 116 valence electrons. The molecule has 0 fully saturated rings. The van der Waals surface area contributed by atoms with Crippen LogP contribution in [0.3, 0.4) is 0 Å². The van der Waals surface area contributed by atoms with E-state index in [0.29, 0.717) is 19.5 Å². The maximum Gasteiger partial charge on any atom is 0.310 e. The fraction of sp³-hybridized carbons (Fsp3) is 0.562. The van der Waals surface area contributed by atoms with Crippen LogP contribution in [0.1, 0.15) is 32.8 Å². The van der Waals surface area contributed by atoms with Gasteiger partial charge in [-0.2, -0.15) is 0 Å². The number of nitrogens with zero attached hydrogens (tertiary/aromatic N) is 2. The van der Waals surface area contributed by atoms with Crippen molar-refractivity contribution in [3.63, 3.8) is 0 Å². The molecule has 5 heteroatoms. The molecule has 0 aliphatic carbocycles. The average Bonchev–Trinajstić information content (AvgIpc) is 2.45. The number of hydrogen-bond acceptors (Lipinski definition) is 4. The number of rotatable bonds is 7. The Bertz CT molecular complexity index is 460. The summed E-state index contributed by atoms with van der Waals surface area (Å²) in [6.45, 7) is 6.59. The molecular weight excluding hydrogens is 268 g/mol. The number of hydrogen-bond donors (Lipinski definition) is 0. The van der Waals surface area contributed by atoms with Gasteiger partial charge in [0.05, 0.1) is 13.0 Å². The molecule has 1 unspecified atom stereocenters. The Morgan fingerprint density at radius 1 is 1.33 bits per heavy atom. The van der Waals surface area contributed by atoms with Crippen LogP contribution < -0.4 is 0 Å². The van der Waals surface area contributed by atoms with Gasteiger partial charge in [0.15, 0.2) is 0 Å². The molecule has 1 heterocycles. The Balaban J connectivity index is 2.79. The molecular formula is C16H24N2O3. The number of ether oxygens (including phenoxy) is 1. The Kier molecular flexibility index (Phi) is 6.85. The predicted octanol–water partition coefficient (Wildman–Crippen LogP) is 2.27. The SMILES string of the molecule is COC(=O)C(C)CN(Cc1cccnc1)C(=O)CC(C)C. The average molecular weight is 292 g/mol. The smallest absolute Gasteiger partial charge is 0.310 e. The molecule has 0 N–H and O–H groups in total. The van der Waals surface area contributed by atoms with Gasteiger partial charge in [-0.15, -0.1) is 0 Å². The fourth-order valence-electron chi connectivity index (χ4n) is 2.05. The van der Waals surface area contributed by atoms with Crippen LogP contribution in [0.5, 0.6) is 0 Å². The highest BCUT2D eigenvalue weighted by Gasteiger charge is 2.22. The molecule has 0 aromatic carbocycles. The summed E-state index contributed by atoms with van der Waals surface area (Å²) in [5, 5.41) is 0. The van der Waals surface area contributed by atoms with E-state index < -0.39 is 0 Å². The topological polar surface area (TPSA) is 59.5 Å². The molecule has 0 radical (unpaired) electrons. The van der Waals surface area contributed by atoms with Crippen LogP contribution >= 0.6 is 0 Å². The lowest BCUT2D eigenvalue weighted by Gasteiger charge is -2.26. The number of methoxy groups -OCH3 is 1. The first kappa shape index (κ1) is 17.1. The molecule has 0 aliphatic rings. The second kappa shape index (κ2) is 8.39. The zero-order chi connectivity index (χ0) is 15.8. The van der Waals surface area contributed by atoms with Crippen LogP contribution in [0.4, 0.5) is 0 Å². The van der Waals surface area contributed by atoms with Crippen LogP contribution in [0.15, 0.2) is 24.5 Å². The molecule has 0 spiro atoms. The molecule has 1 aromatic rings. The van der Waals surface area contributed by atoms with Crippen molar-refractivity contribution in [2.45, 2.75) is 33.7 Å². The molecule has 0 aliphatic heterocycles. The minimum Gasteiger partial charge on any atom is -0.469 e. The minimum absolute atomic E-state index is 0.0459. The van der Waals surface area contributed by atoms with Crippen molar-refractivity contribution in [1.29, 1.82) is 0 Å². The lowest BCUT2D eigenvalue weighted by atomic mass is 10.1. The zero-order valence-corrected chi connectivity index (χ0v) is 13.2. The highest BCUT2D eigenvalue weighted by atomic mass is 16.5. The lowest BCUT2D eigenvalue weighted by molar-refractivity contribution is -0.146. The molecule has 1 amide bonds. The van der Waals surface area contributed by atoms with Gasteiger partial charge in [0.2, 0.25) is 5.91 Å². The third-order valence-corrected chi connectivity index (χ3v) is 3.13. The number of pyridine rings is 1. The van der Waals surface area contributed by atoms with Gasteiger partial charge >= 0.3 is 5.97 Å². The third kappa shape index (κ3) is 5.94. The lowest BCUT2D eigenvalue weighted by Crippen LogP contribution is -2.37. The summed E-state index contributed by atoms with van der Waals surface area (Å²) in [5.41, 5.74) is 0.951. The fourth-order valence-corrected chi connectivity index (χ4v) is 2.05. The van der Waals surface area contributed by atoms with Crippen molar-refractivity contribution >= 4 is 11.9 Å². The molecule has 0 bridgehead atoms. The van der Waals surface area contributed by atoms with Gasteiger partial charge in [0, 0.05) is 31.9 Å². The maximum absolute atomic E-state index is 12.4. The van der Waals surface area contributed by atoms with Gasteiger partial charge in [0.1, 0.15) is 0 Å². The van der Waals surface area contributed by atoms with Crippen molar-refractivity contribution in [3.8, 4) is 0 Å². The summed E-state index contributed by atoms with van der Waals surface area (Å²) in [6.07, 6.45) is 3.90. The van der Waals surface area contributed by atoms with Crippen molar-refractivity contribution in [3.05, 3.63) is 30.1 Å². The minimum atomic E-state index is -0.345. The van der Waals surface area contributed by atoms with Crippen LogP contribution in [0, 0.1) is 11.8 Å². The van der Waals surface area contributed by atoms with Crippen LogP contribution in [-0.2, 0) is 20.9 Å². The van der Waals surface area contributed by atoms with E-state index >= 15 is 0 Å². The summed E-state index contributed by atoms with van der Waals surface area (Å²) < 4.78 is 4.73. The van der Waals surface area contributed by atoms with Crippen molar-refractivity contribution in [2.75, 3.05) is 13.7 Å². The molecule has 21 heavy (non-hydrogen) atoms.